The highest BCUT2D eigenvalue weighted by Gasteiger charge is 2.01. The van der Waals surface area contributed by atoms with Crippen LogP contribution in [0.25, 0.3) is 0 Å². The van der Waals surface area contributed by atoms with Crippen molar-refractivity contribution in [1.82, 2.24) is 5.32 Å². The monoisotopic (exact) mass is 437 g/mol. The van der Waals surface area contributed by atoms with Crippen LogP contribution in [-0.4, -0.2) is 12.6 Å². The van der Waals surface area contributed by atoms with Crippen molar-refractivity contribution in [2.45, 2.75) is 135 Å². The van der Waals surface area contributed by atoms with Crippen LogP contribution < -0.4 is 5.32 Å². The quantitative estimate of drug-likeness (QED) is 0.189. The molecule has 0 aromatic heterocycles. The molecule has 0 saturated carbocycles. The van der Waals surface area contributed by atoms with E-state index in [1.807, 2.05) is 0 Å². The van der Waals surface area contributed by atoms with Crippen molar-refractivity contribution in [1.29, 1.82) is 0 Å². The first-order valence-corrected chi connectivity index (χ1v) is 13.1. The van der Waals surface area contributed by atoms with Crippen LogP contribution in [0.4, 0.5) is 0 Å². The molecule has 0 aliphatic carbocycles. The number of rotatable bonds is 21. The molecule has 0 heterocycles. The van der Waals surface area contributed by atoms with Gasteiger partial charge in [-0.3, -0.25) is 0 Å². The van der Waals surface area contributed by atoms with Gasteiger partial charge in [-0.05, 0) is 38.3 Å². The van der Waals surface area contributed by atoms with E-state index in [2.05, 4.69) is 49.5 Å². The molecule has 1 rings (SSSR count). The summed E-state index contributed by atoms with van der Waals surface area (Å²) in [4.78, 5) is 0. The third kappa shape index (κ3) is 19.4. The third-order valence-electron chi connectivity index (χ3n) is 6.23. The smallest absolute Gasteiger partial charge is 0.00418 e. The van der Waals surface area contributed by atoms with Gasteiger partial charge in [-0.15, -0.1) is 12.4 Å². The zero-order chi connectivity index (χ0) is 20.8. The highest BCUT2D eigenvalue weighted by molar-refractivity contribution is 5.85. The van der Waals surface area contributed by atoms with E-state index in [4.69, 9.17) is 0 Å². The second-order valence-corrected chi connectivity index (χ2v) is 9.18. The molecule has 1 N–H and O–H groups in total. The topological polar surface area (TPSA) is 12.0 Å². The first-order chi connectivity index (χ1) is 14.3. The molecular weight excluding hydrogens is 386 g/mol. The van der Waals surface area contributed by atoms with Crippen LogP contribution in [0.3, 0.4) is 0 Å². The van der Waals surface area contributed by atoms with Crippen LogP contribution in [0, 0.1) is 0 Å². The maximum Gasteiger partial charge on any atom is 0.00418 e. The van der Waals surface area contributed by atoms with Crippen molar-refractivity contribution in [2.24, 2.45) is 0 Å². The van der Waals surface area contributed by atoms with E-state index in [1.54, 1.807) is 0 Å². The molecule has 0 spiro atoms. The number of unbranched alkanes of at least 4 members (excludes halogenated alkanes) is 15. The van der Waals surface area contributed by atoms with Crippen LogP contribution in [0.2, 0.25) is 0 Å². The molecule has 2 heteroatoms. The molecule has 0 aliphatic heterocycles. The maximum atomic E-state index is 3.70. The molecule has 1 aromatic rings. The molecule has 1 nitrogen and oxygen atoms in total. The molecule has 0 radical (unpaired) electrons. The highest BCUT2D eigenvalue weighted by Crippen LogP contribution is 2.13. The fraction of sp³-hybridized carbons (Fsp3) is 0.786. The van der Waals surface area contributed by atoms with Crippen molar-refractivity contribution in [3.8, 4) is 0 Å². The van der Waals surface area contributed by atoms with Crippen LogP contribution in [0.15, 0.2) is 30.3 Å². The van der Waals surface area contributed by atoms with Crippen LogP contribution in [0.5, 0.6) is 0 Å². The molecule has 0 amide bonds. The van der Waals surface area contributed by atoms with E-state index in [0.717, 1.165) is 0 Å². The largest absolute Gasteiger partial charge is 0.314 e. The minimum atomic E-state index is 0. The molecule has 0 saturated heterocycles. The average molecular weight is 438 g/mol. The van der Waals surface area contributed by atoms with Gasteiger partial charge in [-0.25, -0.2) is 0 Å². The first kappa shape index (κ1) is 29.5. The molecule has 1 aromatic carbocycles. The Labute approximate surface area is 195 Å². The third-order valence-corrected chi connectivity index (χ3v) is 6.23. The van der Waals surface area contributed by atoms with E-state index in [9.17, 15) is 0 Å². The van der Waals surface area contributed by atoms with Gasteiger partial charge in [0, 0.05) is 6.04 Å². The van der Waals surface area contributed by atoms with Gasteiger partial charge < -0.3 is 5.32 Å². The van der Waals surface area contributed by atoms with Crippen LogP contribution in [-0.2, 0) is 6.42 Å². The SMILES string of the molecule is CCCCCCCCCCCCCCCCCCNC(C)CCc1ccccc1.Cl. The molecular formula is C28H52ClN. The van der Waals surface area contributed by atoms with Crippen LogP contribution in [0.1, 0.15) is 129 Å². The van der Waals surface area contributed by atoms with Gasteiger partial charge >= 0.3 is 0 Å². The first-order valence-electron chi connectivity index (χ1n) is 13.1. The minimum absolute atomic E-state index is 0. The number of aryl methyl sites for hydroxylation is 1. The standard InChI is InChI=1S/C28H51N.ClH/c1-3-4-5-6-7-8-9-10-11-12-13-14-15-16-17-21-26-29-27(2)24-25-28-22-19-18-20-23-28;/h18-20,22-23,27,29H,3-17,21,24-26H2,1-2H3;1H. The summed E-state index contributed by atoms with van der Waals surface area (Å²) in [7, 11) is 0. The summed E-state index contributed by atoms with van der Waals surface area (Å²) in [5.74, 6) is 0. The van der Waals surface area contributed by atoms with Crippen LogP contribution >= 0.6 is 12.4 Å². The van der Waals surface area contributed by atoms with Gasteiger partial charge in [0.05, 0.1) is 0 Å². The van der Waals surface area contributed by atoms with Gasteiger partial charge in [0.25, 0.3) is 0 Å². The molecule has 176 valence electrons. The van der Waals surface area contributed by atoms with Crippen molar-refractivity contribution in [2.75, 3.05) is 6.54 Å². The number of nitrogens with one attached hydrogen (secondary N) is 1. The summed E-state index contributed by atoms with van der Waals surface area (Å²) in [6, 6.07) is 11.5. The van der Waals surface area contributed by atoms with Crippen molar-refractivity contribution < 1.29 is 0 Å². The summed E-state index contributed by atoms with van der Waals surface area (Å²) in [5.41, 5.74) is 1.46. The molecule has 1 atom stereocenters. The Morgan fingerprint density at radius 1 is 0.633 bits per heavy atom. The number of benzene rings is 1. The number of halogens is 1. The predicted molar refractivity (Wildman–Crippen MR) is 139 cm³/mol. The Hall–Kier alpha value is -0.530. The maximum absolute atomic E-state index is 3.70. The fourth-order valence-corrected chi connectivity index (χ4v) is 4.15. The second-order valence-electron chi connectivity index (χ2n) is 9.18. The Balaban J connectivity index is 0.00000841. The average Bonchev–Trinajstić information content (AvgIpc) is 2.75. The van der Waals surface area contributed by atoms with Gasteiger partial charge in [0.1, 0.15) is 0 Å². The van der Waals surface area contributed by atoms with Crippen molar-refractivity contribution in [3.05, 3.63) is 35.9 Å². The summed E-state index contributed by atoms with van der Waals surface area (Å²) < 4.78 is 0. The minimum Gasteiger partial charge on any atom is -0.314 e. The van der Waals surface area contributed by atoms with E-state index >= 15 is 0 Å². The zero-order valence-corrected chi connectivity index (χ0v) is 21.1. The molecule has 1 unspecified atom stereocenters. The summed E-state index contributed by atoms with van der Waals surface area (Å²) in [6.07, 6.45) is 25.5. The van der Waals surface area contributed by atoms with Crippen molar-refractivity contribution >= 4 is 12.4 Å². The van der Waals surface area contributed by atoms with Gasteiger partial charge in [-0.1, -0.05) is 134 Å². The van der Waals surface area contributed by atoms with Crippen molar-refractivity contribution in [3.63, 3.8) is 0 Å². The van der Waals surface area contributed by atoms with Gasteiger partial charge in [-0.2, -0.15) is 0 Å². The van der Waals surface area contributed by atoms with E-state index in [-0.39, 0.29) is 12.4 Å². The lowest BCUT2D eigenvalue weighted by molar-refractivity contribution is 0.487. The fourth-order valence-electron chi connectivity index (χ4n) is 4.15. The Morgan fingerprint density at radius 3 is 1.53 bits per heavy atom. The zero-order valence-electron chi connectivity index (χ0n) is 20.3. The van der Waals surface area contributed by atoms with E-state index in [1.165, 1.54) is 128 Å². The Kier molecular flexibility index (Phi) is 22.7. The summed E-state index contributed by atoms with van der Waals surface area (Å²) >= 11 is 0. The lowest BCUT2D eigenvalue weighted by Crippen LogP contribution is -2.27. The van der Waals surface area contributed by atoms with Gasteiger partial charge in [0.15, 0.2) is 0 Å². The predicted octanol–water partition coefficient (Wildman–Crippen LogP) is 9.28. The Morgan fingerprint density at radius 2 is 1.07 bits per heavy atom. The number of hydrogen-bond donors (Lipinski definition) is 1. The Bertz CT molecular complexity index is 434. The summed E-state index contributed by atoms with van der Waals surface area (Å²) in [6.45, 7) is 5.82. The molecule has 0 bridgehead atoms. The highest BCUT2D eigenvalue weighted by atomic mass is 35.5. The molecule has 0 fully saturated rings. The number of hydrogen-bond acceptors (Lipinski definition) is 1. The lowest BCUT2D eigenvalue weighted by Gasteiger charge is -2.13. The molecule has 0 aliphatic rings. The summed E-state index contributed by atoms with van der Waals surface area (Å²) in [5, 5.41) is 3.70. The van der Waals surface area contributed by atoms with E-state index < -0.39 is 0 Å². The normalized spacial score (nSPS) is 11.9. The van der Waals surface area contributed by atoms with E-state index in [0.29, 0.717) is 6.04 Å². The lowest BCUT2D eigenvalue weighted by atomic mass is 10.0. The molecule has 30 heavy (non-hydrogen) atoms. The van der Waals surface area contributed by atoms with Gasteiger partial charge in [0.2, 0.25) is 0 Å². The second kappa shape index (κ2) is 23.1.